The summed E-state index contributed by atoms with van der Waals surface area (Å²) in [5.41, 5.74) is 3.48. The third-order valence-electron chi connectivity index (χ3n) is 2.43. The Hall–Kier alpha value is -1.70. The van der Waals surface area contributed by atoms with E-state index in [2.05, 4.69) is 31.3 Å². The summed E-state index contributed by atoms with van der Waals surface area (Å²) in [5, 5.41) is 8.85. The highest BCUT2D eigenvalue weighted by molar-refractivity contribution is 9.10. The molecule has 0 saturated carbocycles. The maximum atomic E-state index is 8.85. The zero-order chi connectivity index (χ0) is 13.7. The van der Waals surface area contributed by atoms with Gasteiger partial charge < -0.3 is 15.3 Å². The summed E-state index contributed by atoms with van der Waals surface area (Å²) in [7, 11) is 0. The molecule has 0 bridgehead atoms. The van der Waals surface area contributed by atoms with E-state index in [4.69, 9.17) is 15.7 Å². The first-order valence-corrected chi connectivity index (χ1v) is 6.38. The van der Waals surface area contributed by atoms with Gasteiger partial charge in [0, 0.05) is 6.61 Å². The first kappa shape index (κ1) is 13.7. The van der Waals surface area contributed by atoms with Gasteiger partial charge in [0.2, 0.25) is 5.88 Å². The van der Waals surface area contributed by atoms with Gasteiger partial charge in [0.15, 0.2) is 5.82 Å². The molecule has 2 aromatic rings. The van der Waals surface area contributed by atoms with Crippen molar-refractivity contribution >= 4 is 21.7 Å². The number of nitrogens with two attached hydrogens (primary N) is 1. The van der Waals surface area contributed by atoms with Crippen molar-refractivity contribution in [3.63, 3.8) is 0 Å². The van der Waals surface area contributed by atoms with Gasteiger partial charge in [-0.05, 0) is 40.0 Å². The quantitative estimate of drug-likeness (QED) is 0.574. The van der Waals surface area contributed by atoms with Crippen LogP contribution < -0.4 is 16.0 Å². The van der Waals surface area contributed by atoms with Crippen molar-refractivity contribution in [2.24, 2.45) is 5.84 Å². The van der Waals surface area contributed by atoms with Crippen LogP contribution in [0, 0.1) is 0 Å². The molecule has 0 saturated heterocycles. The summed E-state index contributed by atoms with van der Waals surface area (Å²) < 4.78 is 6.18. The molecule has 1 aromatic carbocycles. The van der Waals surface area contributed by atoms with E-state index in [1.165, 1.54) is 6.33 Å². The van der Waals surface area contributed by atoms with E-state index in [0.29, 0.717) is 28.3 Å². The van der Waals surface area contributed by atoms with E-state index >= 15 is 0 Å². The van der Waals surface area contributed by atoms with Crippen LogP contribution in [-0.4, -0.2) is 21.7 Å². The molecule has 2 rings (SSSR count). The SMILES string of the molecule is NNc1ncnc(Oc2ccc(CCO)cc2)c1Br. The number of aromatic nitrogens is 2. The lowest BCUT2D eigenvalue weighted by atomic mass is 10.1. The van der Waals surface area contributed by atoms with Crippen molar-refractivity contribution in [1.82, 2.24) is 9.97 Å². The van der Waals surface area contributed by atoms with Crippen LogP contribution in [0.3, 0.4) is 0 Å². The minimum absolute atomic E-state index is 0.128. The fourth-order valence-electron chi connectivity index (χ4n) is 1.49. The molecule has 4 N–H and O–H groups in total. The lowest BCUT2D eigenvalue weighted by Crippen LogP contribution is -2.09. The molecule has 1 aromatic heterocycles. The fraction of sp³-hybridized carbons (Fsp3) is 0.167. The smallest absolute Gasteiger partial charge is 0.238 e. The summed E-state index contributed by atoms with van der Waals surface area (Å²) in [6, 6.07) is 7.41. The molecule has 0 spiro atoms. The summed E-state index contributed by atoms with van der Waals surface area (Å²) in [6.07, 6.45) is 1.98. The van der Waals surface area contributed by atoms with Gasteiger partial charge in [-0.3, -0.25) is 0 Å². The van der Waals surface area contributed by atoms with Gasteiger partial charge in [-0.25, -0.2) is 15.8 Å². The van der Waals surface area contributed by atoms with Crippen LogP contribution in [0.4, 0.5) is 5.82 Å². The second-order valence-electron chi connectivity index (χ2n) is 3.71. The zero-order valence-electron chi connectivity index (χ0n) is 10.0. The number of rotatable bonds is 5. The molecule has 0 radical (unpaired) electrons. The minimum atomic E-state index is 0.128. The lowest BCUT2D eigenvalue weighted by Gasteiger charge is -2.09. The van der Waals surface area contributed by atoms with Gasteiger partial charge in [-0.15, -0.1) is 0 Å². The van der Waals surface area contributed by atoms with Crippen LogP contribution >= 0.6 is 15.9 Å². The minimum Gasteiger partial charge on any atom is -0.438 e. The van der Waals surface area contributed by atoms with Crippen LogP contribution in [0.2, 0.25) is 0 Å². The number of ether oxygens (including phenoxy) is 1. The highest BCUT2D eigenvalue weighted by Gasteiger charge is 2.09. The van der Waals surface area contributed by atoms with E-state index in [0.717, 1.165) is 5.56 Å². The second-order valence-corrected chi connectivity index (χ2v) is 4.50. The Kier molecular flexibility index (Phi) is 4.67. The number of halogens is 1. The topological polar surface area (TPSA) is 93.3 Å². The first-order valence-electron chi connectivity index (χ1n) is 5.59. The number of aliphatic hydroxyl groups is 1. The number of hydrazine groups is 1. The number of aliphatic hydroxyl groups excluding tert-OH is 1. The highest BCUT2D eigenvalue weighted by atomic mass is 79.9. The maximum Gasteiger partial charge on any atom is 0.238 e. The van der Waals surface area contributed by atoms with E-state index in [9.17, 15) is 0 Å². The van der Waals surface area contributed by atoms with Gasteiger partial charge in [0.25, 0.3) is 0 Å². The number of benzene rings is 1. The predicted molar refractivity (Wildman–Crippen MR) is 74.8 cm³/mol. The third kappa shape index (κ3) is 3.40. The Bertz CT molecular complexity index is 548. The highest BCUT2D eigenvalue weighted by Crippen LogP contribution is 2.31. The monoisotopic (exact) mass is 324 g/mol. The fourth-order valence-corrected chi connectivity index (χ4v) is 1.89. The van der Waals surface area contributed by atoms with Crippen LogP contribution in [0.25, 0.3) is 0 Å². The summed E-state index contributed by atoms with van der Waals surface area (Å²) >= 11 is 3.31. The first-order chi connectivity index (χ1) is 9.24. The molecule has 0 aliphatic heterocycles. The molecule has 6 nitrogen and oxygen atoms in total. The number of nitrogens with zero attached hydrogens (tertiary/aromatic N) is 2. The van der Waals surface area contributed by atoms with Gasteiger partial charge in [-0.1, -0.05) is 12.1 Å². The van der Waals surface area contributed by atoms with Crippen LogP contribution in [-0.2, 0) is 6.42 Å². The molecule has 0 amide bonds. The Labute approximate surface area is 118 Å². The van der Waals surface area contributed by atoms with E-state index in [-0.39, 0.29) is 6.61 Å². The van der Waals surface area contributed by atoms with Crippen molar-refractivity contribution in [3.8, 4) is 11.6 Å². The summed E-state index contributed by atoms with van der Waals surface area (Å²) in [6.45, 7) is 0.128. The van der Waals surface area contributed by atoms with Crippen molar-refractivity contribution in [2.45, 2.75) is 6.42 Å². The number of hydrogen-bond acceptors (Lipinski definition) is 6. The number of nitrogen functional groups attached to an aromatic ring is 1. The van der Waals surface area contributed by atoms with Crippen molar-refractivity contribution in [1.29, 1.82) is 0 Å². The molecule has 100 valence electrons. The predicted octanol–water partition coefficient (Wildman–Crippen LogP) is 1.85. The molecule has 7 heteroatoms. The molecule has 0 aliphatic rings. The molecule has 1 heterocycles. The molecular weight excluding hydrogens is 312 g/mol. The van der Waals surface area contributed by atoms with Crippen LogP contribution in [0.5, 0.6) is 11.6 Å². The Morgan fingerprint density at radius 2 is 2.00 bits per heavy atom. The number of hydrogen-bond donors (Lipinski definition) is 3. The zero-order valence-corrected chi connectivity index (χ0v) is 11.6. The molecule has 0 aliphatic carbocycles. The number of anilines is 1. The molecule has 19 heavy (non-hydrogen) atoms. The Morgan fingerprint density at radius 3 is 2.63 bits per heavy atom. The number of nitrogens with one attached hydrogen (secondary N) is 1. The van der Waals surface area contributed by atoms with Crippen LogP contribution in [0.15, 0.2) is 35.1 Å². The summed E-state index contributed by atoms with van der Waals surface area (Å²) in [4.78, 5) is 7.96. The molecule has 0 atom stereocenters. The van der Waals surface area contributed by atoms with E-state index < -0.39 is 0 Å². The standard InChI is InChI=1S/C12H13BrN4O2/c13-10-11(17-14)15-7-16-12(10)19-9-3-1-8(2-4-9)5-6-18/h1-4,7,18H,5-6,14H2,(H,15,16,17). The van der Waals surface area contributed by atoms with E-state index in [1.54, 1.807) is 0 Å². The van der Waals surface area contributed by atoms with Crippen molar-refractivity contribution in [2.75, 3.05) is 12.0 Å². The van der Waals surface area contributed by atoms with Gasteiger partial charge >= 0.3 is 0 Å². The van der Waals surface area contributed by atoms with E-state index in [1.807, 2.05) is 24.3 Å². The van der Waals surface area contributed by atoms with Gasteiger partial charge in [0.05, 0.1) is 0 Å². The Morgan fingerprint density at radius 1 is 1.26 bits per heavy atom. The lowest BCUT2D eigenvalue weighted by molar-refractivity contribution is 0.299. The van der Waals surface area contributed by atoms with Crippen molar-refractivity contribution in [3.05, 3.63) is 40.6 Å². The van der Waals surface area contributed by atoms with Gasteiger partial charge in [-0.2, -0.15) is 0 Å². The van der Waals surface area contributed by atoms with Crippen molar-refractivity contribution < 1.29 is 9.84 Å². The molecule has 0 unspecified atom stereocenters. The van der Waals surface area contributed by atoms with Gasteiger partial charge in [0.1, 0.15) is 16.5 Å². The molecular formula is C12H13BrN4O2. The summed E-state index contributed by atoms with van der Waals surface area (Å²) in [5.74, 6) is 6.78. The molecule has 0 fully saturated rings. The third-order valence-corrected chi connectivity index (χ3v) is 3.15. The maximum absolute atomic E-state index is 8.85. The normalized spacial score (nSPS) is 10.3. The Balaban J connectivity index is 2.16. The average Bonchev–Trinajstić information content (AvgIpc) is 2.43. The van der Waals surface area contributed by atoms with Crippen LogP contribution in [0.1, 0.15) is 5.56 Å². The largest absolute Gasteiger partial charge is 0.438 e. The second kappa shape index (κ2) is 6.46. The average molecular weight is 325 g/mol.